The fourth-order valence-electron chi connectivity index (χ4n) is 1.36. The molecular formula is C12H11NO3S. The van der Waals surface area contributed by atoms with Gasteiger partial charge in [0, 0.05) is 10.9 Å². The maximum Gasteiger partial charge on any atom is 0.357 e. The first-order valence-electron chi connectivity index (χ1n) is 4.93. The number of rotatable bonds is 3. The lowest BCUT2D eigenvalue weighted by molar-refractivity contribution is 0.0595. The Labute approximate surface area is 103 Å². The van der Waals surface area contributed by atoms with Crippen LogP contribution in [0.5, 0.6) is 5.75 Å². The number of carbonyl (C=O) groups excluding carboxylic acids is 1. The number of ether oxygens (including phenoxy) is 2. The summed E-state index contributed by atoms with van der Waals surface area (Å²) in [4.78, 5) is 15.5. The molecule has 0 unspecified atom stereocenters. The third kappa shape index (κ3) is 2.45. The summed E-state index contributed by atoms with van der Waals surface area (Å²) >= 11 is 1.40. The largest absolute Gasteiger partial charge is 0.497 e. The van der Waals surface area contributed by atoms with Crippen molar-refractivity contribution in [1.29, 1.82) is 0 Å². The molecule has 0 saturated heterocycles. The van der Waals surface area contributed by atoms with Gasteiger partial charge in [-0.1, -0.05) is 12.1 Å². The second-order valence-corrected chi connectivity index (χ2v) is 4.12. The third-order valence-corrected chi connectivity index (χ3v) is 3.11. The Kier molecular flexibility index (Phi) is 3.39. The number of carbonyl (C=O) groups is 1. The number of nitrogens with zero attached hydrogens (tertiary/aromatic N) is 1. The highest BCUT2D eigenvalue weighted by atomic mass is 32.1. The molecule has 88 valence electrons. The van der Waals surface area contributed by atoms with Crippen LogP contribution in [-0.2, 0) is 4.74 Å². The zero-order valence-corrected chi connectivity index (χ0v) is 10.3. The fraction of sp³-hybridized carbons (Fsp3) is 0.167. The van der Waals surface area contributed by atoms with Crippen molar-refractivity contribution >= 4 is 17.3 Å². The van der Waals surface area contributed by atoms with Crippen LogP contribution in [-0.4, -0.2) is 25.2 Å². The average Bonchev–Trinajstić information content (AvgIpc) is 2.87. The molecule has 0 N–H and O–H groups in total. The first-order chi connectivity index (χ1) is 8.24. The smallest absolute Gasteiger partial charge is 0.357 e. The van der Waals surface area contributed by atoms with Gasteiger partial charge >= 0.3 is 5.97 Å². The number of esters is 1. The Bertz CT molecular complexity index is 536. The van der Waals surface area contributed by atoms with Crippen molar-refractivity contribution in [3.63, 3.8) is 0 Å². The minimum Gasteiger partial charge on any atom is -0.497 e. The predicted molar refractivity (Wildman–Crippen MR) is 65.4 cm³/mol. The zero-order valence-electron chi connectivity index (χ0n) is 9.47. The molecule has 0 radical (unpaired) electrons. The van der Waals surface area contributed by atoms with E-state index < -0.39 is 5.97 Å². The van der Waals surface area contributed by atoms with Gasteiger partial charge in [0.25, 0.3) is 0 Å². The summed E-state index contributed by atoms with van der Waals surface area (Å²) in [7, 11) is 2.95. The lowest BCUT2D eigenvalue weighted by Crippen LogP contribution is -2.00. The molecule has 2 rings (SSSR count). The minimum absolute atomic E-state index is 0.329. The normalized spacial score (nSPS) is 10.0. The molecule has 17 heavy (non-hydrogen) atoms. The Morgan fingerprint density at radius 2 is 2.18 bits per heavy atom. The van der Waals surface area contributed by atoms with E-state index in [-0.39, 0.29) is 0 Å². The highest BCUT2D eigenvalue weighted by Crippen LogP contribution is 2.26. The van der Waals surface area contributed by atoms with Crippen LogP contribution in [0.2, 0.25) is 0 Å². The number of hydrogen-bond donors (Lipinski definition) is 0. The second kappa shape index (κ2) is 4.97. The first kappa shape index (κ1) is 11.6. The molecule has 5 heteroatoms. The lowest BCUT2D eigenvalue weighted by atomic mass is 10.2. The van der Waals surface area contributed by atoms with Crippen molar-refractivity contribution in [2.75, 3.05) is 14.2 Å². The summed E-state index contributed by atoms with van der Waals surface area (Å²) in [6.07, 6.45) is 0. The number of benzene rings is 1. The monoisotopic (exact) mass is 249 g/mol. The van der Waals surface area contributed by atoms with Crippen molar-refractivity contribution in [2.24, 2.45) is 0 Å². The average molecular weight is 249 g/mol. The van der Waals surface area contributed by atoms with E-state index in [1.54, 1.807) is 12.5 Å². The first-order valence-corrected chi connectivity index (χ1v) is 5.81. The molecular weight excluding hydrogens is 238 g/mol. The van der Waals surface area contributed by atoms with Gasteiger partial charge in [-0.2, -0.15) is 0 Å². The van der Waals surface area contributed by atoms with Gasteiger partial charge in [0.05, 0.1) is 14.2 Å². The summed E-state index contributed by atoms with van der Waals surface area (Å²) in [5.41, 5.74) is 1.25. The highest BCUT2D eigenvalue weighted by molar-refractivity contribution is 7.13. The van der Waals surface area contributed by atoms with Gasteiger partial charge in [-0.3, -0.25) is 0 Å². The van der Waals surface area contributed by atoms with E-state index in [2.05, 4.69) is 9.72 Å². The SMILES string of the molecule is COC(=O)c1csc(-c2cccc(OC)c2)n1. The summed E-state index contributed by atoms with van der Waals surface area (Å²) in [6.45, 7) is 0. The summed E-state index contributed by atoms with van der Waals surface area (Å²) in [5.74, 6) is 0.340. The van der Waals surface area contributed by atoms with Crippen LogP contribution >= 0.6 is 11.3 Å². The van der Waals surface area contributed by atoms with E-state index in [0.29, 0.717) is 5.69 Å². The van der Waals surface area contributed by atoms with E-state index in [4.69, 9.17) is 4.74 Å². The number of thiazole rings is 1. The van der Waals surface area contributed by atoms with Crippen LogP contribution in [0.1, 0.15) is 10.5 Å². The van der Waals surface area contributed by atoms with Gasteiger partial charge in [0.15, 0.2) is 5.69 Å². The molecule has 0 spiro atoms. The Balaban J connectivity index is 2.33. The lowest BCUT2D eigenvalue weighted by Gasteiger charge is -2.01. The Morgan fingerprint density at radius 1 is 1.35 bits per heavy atom. The molecule has 1 aromatic heterocycles. The van der Waals surface area contributed by atoms with Crippen molar-refractivity contribution in [3.8, 4) is 16.3 Å². The van der Waals surface area contributed by atoms with Crippen LogP contribution in [0.15, 0.2) is 29.6 Å². The quantitative estimate of drug-likeness (QED) is 0.784. The second-order valence-electron chi connectivity index (χ2n) is 3.26. The van der Waals surface area contributed by atoms with E-state index in [1.165, 1.54) is 18.4 Å². The van der Waals surface area contributed by atoms with Gasteiger partial charge < -0.3 is 9.47 Å². The molecule has 0 aliphatic heterocycles. The molecule has 0 bridgehead atoms. The topological polar surface area (TPSA) is 48.4 Å². The standard InChI is InChI=1S/C12H11NO3S/c1-15-9-5-3-4-8(6-9)11-13-10(7-17-11)12(14)16-2/h3-7H,1-2H3. The maximum atomic E-state index is 11.3. The molecule has 0 atom stereocenters. The minimum atomic E-state index is -0.421. The fourth-order valence-corrected chi connectivity index (χ4v) is 2.15. The summed E-state index contributed by atoms with van der Waals surface area (Å²) in [5, 5.41) is 2.45. The molecule has 0 aliphatic rings. The molecule has 1 heterocycles. The summed E-state index contributed by atoms with van der Waals surface area (Å²) in [6, 6.07) is 7.54. The Morgan fingerprint density at radius 3 is 2.88 bits per heavy atom. The van der Waals surface area contributed by atoms with Crippen molar-refractivity contribution in [1.82, 2.24) is 4.98 Å². The van der Waals surface area contributed by atoms with Crippen LogP contribution < -0.4 is 4.74 Å². The molecule has 4 nitrogen and oxygen atoms in total. The van der Waals surface area contributed by atoms with E-state index in [1.807, 2.05) is 24.3 Å². The van der Waals surface area contributed by atoms with Crippen LogP contribution in [0, 0.1) is 0 Å². The maximum absolute atomic E-state index is 11.3. The zero-order chi connectivity index (χ0) is 12.3. The third-order valence-electron chi connectivity index (χ3n) is 2.22. The van der Waals surface area contributed by atoms with Crippen LogP contribution in [0.25, 0.3) is 10.6 Å². The Hall–Kier alpha value is -1.88. The van der Waals surface area contributed by atoms with Crippen LogP contribution in [0.4, 0.5) is 0 Å². The van der Waals surface area contributed by atoms with E-state index >= 15 is 0 Å². The molecule has 1 aromatic carbocycles. The number of methoxy groups -OCH3 is 2. The van der Waals surface area contributed by atoms with Gasteiger partial charge in [-0.05, 0) is 12.1 Å². The van der Waals surface area contributed by atoms with Crippen LogP contribution in [0.3, 0.4) is 0 Å². The van der Waals surface area contributed by atoms with Gasteiger partial charge in [0.2, 0.25) is 0 Å². The van der Waals surface area contributed by atoms with Crippen molar-refractivity contribution in [3.05, 3.63) is 35.3 Å². The van der Waals surface area contributed by atoms with Gasteiger partial charge in [-0.25, -0.2) is 9.78 Å². The van der Waals surface area contributed by atoms with Gasteiger partial charge in [-0.15, -0.1) is 11.3 Å². The molecule has 2 aromatic rings. The van der Waals surface area contributed by atoms with E-state index in [9.17, 15) is 4.79 Å². The molecule has 0 amide bonds. The van der Waals surface area contributed by atoms with Gasteiger partial charge in [0.1, 0.15) is 10.8 Å². The molecule has 0 saturated carbocycles. The van der Waals surface area contributed by atoms with Crippen molar-refractivity contribution < 1.29 is 14.3 Å². The summed E-state index contributed by atoms with van der Waals surface area (Å²) < 4.78 is 9.75. The highest BCUT2D eigenvalue weighted by Gasteiger charge is 2.11. The van der Waals surface area contributed by atoms with E-state index in [0.717, 1.165) is 16.3 Å². The predicted octanol–water partition coefficient (Wildman–Crippen LogP) is 2.61. The number of aromatic nitrogens is 1. The number of hydrogen-bond acceptors (Lipinski definition) is 5. The molecule has 0 fully saturated rings. The van der Waals surface area contributed by atoms with Crippen molar-refractivity contribution in [2.45, 2.75) is 0 Å². The molecule has 0 aliphatic carbocycles.